The van der Waals surface area contributed by atoms with Crippen molar-refractivity contribution in [3.05, 3.63) is 28.6 Å². The molecule has 78 valence electrons. The van der Waals surface area contributed by atoms with Gasteiger partial charge in [-0.2, -0.15) is 0 Å². The minimum Gasteiger partial charge on any atom is -0.392 e. The molecule has 0 bridgehead atoms. The van der Waals surface area contributed by atoms with Gasteiger partial charge in [-0.15, -0.1) is 0 Å². The number of aromatic nitrogens is 1. The van der Waals surface area contributed by atoms with Crippen molar-refractivity contribution >= 4 is 0 Å². The molecule has 0 unspecified atom stereocenters. The van der Waals surface area contributed by atoms with Crippen LogP contribution in [0, 0.1) is 6.92 Å². The lowest BCUT2D eigenvalue weighted by molar-refractivity contribution is 0.144. The fourth-order valence-corrected chi connectivity index (χ4v) is 1.23. The Morgan fingerprint density at radius 2 is 2.21 bits per heavy atom. The van der Waals surface area contributed by atoms with Crippen LogP contribution in [0.1, 0.15) is 28.9 Å². The zero-order valence-electron chi connectivity index (χ0n) is 7.80. The van der Waals surface area contributed by atoms with E-state index in [-0.39, 0.29) is 18.8 Å². The number of aliphatic hydroxyl groups is 1. The summed E-state index contributed by atoms with van der Waals surface area (Å²) < 4.78 is 25.0. The van der Waals surface area contributed by atoms with Crippen LogP contribution in [0.4, 0.5) is 8.78 Å². The van der Waals surface area contributed by atoms with Crippen molar-refractivity contribution in [1.29, 1.82) is 0 Å². The number of alkyl halides is 2. The molecule has 1 aromatic rings. The summed E-state index contributed by atoms with van der Waals surface area (Å²) in [5.41, 5.74) is 6.17. The van der Waals surface area contributed by atoms with E-state index in [1.165, 1.54) is 6.92 Å². The van der Waals surface area contributed by atoms with Gasteiger partial charge in [0.05, 0.1) is 12.3 Å². The van der Waals surface area contributed by atoms with E-state index in [9.17, 15) is 8.78 Å². The molecule has 0 saturated carbocycles. The van der Waals surface area contributed by atoms with Crippen LogP contribution in [0.2, 0.25) is 0 Å². The third-order valence-electron chi connectivity index (χ3n) is 2.06. The van der Waals surface area contributed by atoms with Gasteiger partial charge in [-0.3, -0.25) is 4.98 Å². The minimum atomic E-state index is -2.63. The van der Waals surface area contributed by atoms with Crippen LogP contribution >= 0.6 is 0 Å². The fourth-order valence-electron chi connectivity index (χ4n) is 1.23. The van der Waals surface area contributed by atoms with Crippen molar-refractivity contribution in [1.82, 2.24) is 4.98 Å². The van der Waals surface area contributed by atoms with Gasteiger partial charge in [-0.05, 0) is 24.1 Å². The molecule has 5 heteroatoms. The van der Waals surface area contributed by atoms with Crippen molar-refractivity contribution in [3.8, 4) is 0 Å². The van der Waals surface area contributed by atoms with Crippen molar-refractivity contribution in [3.63, 3.8) is 0 Å². The number of halogens is 2. The first kappa shape index (κ1) is 11.0. The molecule has 1 aromatic heterocycles. The second-order valence-electron chi connectivity index (χ2n) is 2.95. The van der Waals surface area contributed by atoms with Gasteiger partial charge in [0.1, 0.15) is 5.69 Å². The van der Waals surface area contributed by atoms with Crippen LogP contribution in [0.5, 0.6) is 0 Å². The van der Waals surface area contributed by atoms with Crippen LogP contribution in [0.15, 0.2) is 6.07 Å². The SMILES string of the molecule is Cc1c(CO)cc(CN)nc1C(F)F. The summed E-state index contributed by atoms with van der Waals surface area (Å²) in [5.74, 6) is 0. The van der Waals surface area contributed by atoms with Crippen LogP contribution in [-0.2, 0) is 13.2 Å². The molecule has 0 aromatic carbocycles. The third kappa shape index (κ3) is 2.05. The maximum absolute atomic E-state index is 12.5. The molecule has 0 saturated heterocycles. The zero-order valence-corrected chi connectivity index (χ0v) is 7.80. The van der Waals surface area contributed by atoms with Gasteiger partial charge in [0, 0.05) is 6.54 Å². The summed E-state index contributed by atoms with van der Waals surface area (Å²) in [6, 6.07) is 1.54. The third-order valence-corrected chi connectivity index (χ3v) is 2.06. The van der Waals surface area contributed by atoms with E-state index in [4.69, 9.17) is 10.8 Å². The maximum Gasteiger partial charge on any atom is 0.280 e. The highest BCUT2D eigenvalue weighted by Crippen LogP contribution is 2.23. The summed E-state index contributed by atoms with van der Waals surface area (Å²) in [5, 5.41) is 8.93. The lowest BCUT2D eigenvalue weighted by atomic mass is 10.1. The molecule has 0 atom stereocenters. The van der Waals surface area contributed by atoms with Crippen molar-refractivity contribution in [2.24, 2.45) is 5.73 Å². The predicted molar refractivity (Wildman–Crippen MR) is 47.7 cm³/mol. The van der Waals surface area contributed by atoms with Gasteiger partial charge < -0.3 is 10.8 Å². The standard InChI is InChI=1S/C9H12F2N2O/c1-5-6(4-14)2-7(3-12)13-8(5)9(10)11/h2,9,14H,3-4,12H2,1H3. The summed E-state index contributed by atoms with van der Waals surface area (Å²) in [4.78, 5) is 3.71. The van der Waals surface area contributed by atoms with Crippen molar-refractivity contribution in [2.45, 2.75) is 26.5 Å². The Balaban J connectivity index is 3.27. The van der Waals surface area contributed by atoms with Gasteiger partial charge in [0.25, 0.3) is 6.43 Å². The molecule has 0 fully saturated rings. The number of nitrogens with two attached hydrogens (primary N) is 1. The molecule has 0 aliphatic carbocycles. The first-order chi connectivity index (χ1) is 6.60. The second kappa shape index (κ2) is 4.43. The Bertz CT molecular complexity index is 329. The van der Waals surface area contributed by atoms with Crippen molar-refractivity contribution < 1.29 is 13.9 Å². The van der Waals surface area contributed by atoms with Crippen LogP contribution in [0.3, 0.4) is 0 Å². The van der Waals surface area contributed by atoms with Gasteiger partial charge in [-0.25, -0.2) is 8.78 Å². The lowest BCUT2D eigenvalue weighted by Crippen LogP contribution is -2.07. The number of hydrogen-bond donors (Lipinski definition) is 2. The van der Waals surface area contributed by atoms with Crippen LogP contribution in [-0.4, -0.2) is 10.1 Å². The Labute approximate surface area is 80.6 Å². The smallest absolute Gasteiger partial charge is 0.280 e. The van der Waals surface area contributed by atoms with E-state index in [2.05, 4.69) is 4.98 Å². The highest BCUT2D eigenvalue weighted by atomic mass is 19.3. The van der Waals surface area contributed by atoms with Crippen LogP contribution in [0.25, 0.3) is 0 Å². The van der Waals surface area contributed by atoms with Crippen molar-refractivity contribution in [2.75, 3.05) is 0 Å². The molecular weight excluding hydrogens is 190 g/mol. The fraction of sp³-hybridized carbons (Fsp3) is 0.444. The molecular formula is C9H12F2N2O. The number of nitrogens with zero attached hydrogens (tertiary/aromatic N) is 1. The topological polar surface area (TPSA) is 59.1 Å². The van der Waals surface area contributed by atoms with Gasteiger partial charge in [0.2, 0.25) is 0 Å². The molecule has 1 rings (SSSR count). The molecule has 3 N–H and O–H groups in total. The van der Waals surface area contributed by atoms with Crippen LogP contribution < -0.4 is 5.73 Å². The van der Waals surface area contributed by atoms with Gasteiger partial charge in [0.15, 0.2) is 0 Å². The molecule has 1 heterocycles. The van der Waals surface area contributed by atoms with E-state index in [0.717, 1.165) is 0 Å². The van der Waals surface area contributed by atoms with E-state index in [1.807, 2.05) is 0 Å². The Kier molecular flexibility index (Phi) is 3.49. The lowest BCUT2D eigenvalue weighted by Gasteiger charge is -2.10. The van der Waals surface area contributed by atoms with Gasteiger partial charge in [-0.1, -0.05) is 0 Å². The van der Waals surface area contributed by atoms with E-state index in [0.29, 0.717) is 16.8 Å². The summed E-state index contributed by atoms with van der Waals surface area (Å²) in [7, 11) is 0. The summed E-state index contributed by atoms with van der Waals surface area (Å²) in [6.45, 7) is 1.33. The summed E-state index contributed by atoms with van der Waals surface area (Å²) >= 11 is 0. The molecule has 0 amide bonds. The normalized spacial score (nSPS) is 11.0. The zero-order chi connectivity index (χ0) is 10.7. The molecule has 14 heavy (non-hydrogen) atoms. The largest absolute Gasteiger partial charge is 0.392 e. The van der Waals surface area contributed by atoms with E-state index >= 15 is 0 Å². The van der Waals surface area contributed by atoms with E-state index in [1.54, 1.807) is 6.07 Å². The molecule has 0 radical (unpaired) electrons. The molecule has 3 nitrogen and oxygen atoms in total. The first-order valence-electron chi connectivity index (χ1n) is 4.18. The minimum absolute atomic E-state index is 0.0903. The molecule has 0 aliphatic rings. The van der Waals surface area contributed by atoms with E-state index < -0.39 is 6.43 Å². The molecule has 0 spiro atoms. The highest BCUT2D eigenvalue weighted by molar-refractivity contribution is 5.31. The number of pyridine rings is 1. The summed E-state index contributed by atoms with van der Waals surface area (Å²) in [6.07, 6.45) is -2.63. The maximum atomic E-state index is 12.5. The average molecular weight is 202 g/mol. The number of hydrogen-bond acceptors (Lipinski definition) is 3. The number of aliphatic hydroxyl groups excluding tert-OH is 1. The highest BCUT2D eigenvalue weighted by Gasteiger charge is 2.16. The van der Waals surface area contributed by atoms with Gasteiger partial charge >= 0.3 is 0 Å². The predicted octanol–water partition coefficient (Wildman–Crippen LogP) is 1.28. The molecule has 0 aliphatic heterocycles. The second-order valence-corrected chi connectivity index (χ2v) is 2.95. The Morgan fingerprint density at radius 3 is 2.64 bits per heavy atom. The monoisotopic (exact) mass is 202 g/mol. The Morgan fingerprint density at radius 1 is 1.57 bits per heavy atom. The first-order valence-corrected chi connectivity index (χ1v) is 4.18. The average Bonchev–Trinajstić information content (AvgIpc) is 2.17. The Hall–Kier alpha value is -1.07. The number of rotatable bonds is 3. The quantitative estimate of drug-likeness (QED) is 0.776.